The number of aryl methyl sites for hydroxylation is 1. The van der Waals surface area contributed by atoms with Crippen LogP contribution in [-0.2, 0) is 10.0 Å². The first-order valence-corrected chi connectivity index (χ1v) is 10.1. The first-order chi connectivity index (χ1) is 11.9. The molecule has 1 saturated heterocycles. The molecule has 1 aromatic heterocycles. The molecule has 0 atom stereocenters. The van der Waals surface area contributed by atoms with Crippen molar-refractivity contribution in [2.24, 2.45) is 5.14 Å². The molecule has 1 aromatic carbocycles. The molecule has 0 bridgehead atoms. The van der Waals surface area contributed by atoms with Gasteiger partial charge in [-0.1, -0.05) is 0 Å². The Morgan fingerprint density at radius 2 is 1.96 bits per heavy atom. The van der Waals surface area contributed by atoms with Crippen molar-refractivity contribution in [2.75, 3.05) is 36.0 Å². The molecular weight excluding hydrogens is 360 g/mol. The fraction of sp³-hybridized carbons (Fsp3) is 0.400. The van der Waals surface area contributed by atoms with Crippen LogP contribution in [0.3, 0.4) is 0 Å². The SMILES string of the molecule is Cc1nsc(N2CCCN(c3ccc(C#N)cc3S(N)(=O)=O)CC2)n1. The molecule has 25 heavy (non-hydrogen) atoms. The average molecular weight is 378 g/mol. The van der Waals surface area contributed by atoms with Gasteiger partial charge in [-0.2, -0.15) is 9.64 Å². The van der Waals surface area contributed by atoms with Crippen molar-refractivity contribution in [3.8, 4) is 6.07 Å². The van der Waals surface area contributed by atoms with Gasteiger partial charge < -0.3 is 9.80 Å². The van der Waals surface area contributed by atoms with E-state index in [1.54, 1.807) is 12.1 Å². The van der Waals surface area contributed by atoms with Crippen molar-refractivity contribution in [3.63, 3.8) is 0 Å². The van der Waals surface area contributed by atoms with Gasteiger partial charge in [0.2, 0.25) is 15.2 Å². The topological polar surface area (TPSA) is 116 Å². The van der Waals surface area contributed by atoms with Crippen molar-refractivity contribution in [3.05, 3.63) is 29.6 Å². The average Bonchev–Trinajstić information content (AvgIpc) is 2.86. The van der Waals surface area contributed by atoms with Crippen LogP contribution in [0.25, 0.3) is 0 Å². The number of benzene rings is 1. The monoisotopic (exact) mass is 378 g/mol. The molecule has 0 spiro atoms. The summed E-state index contributed by atoms with van der Waals surface area (Å²) < 4.78 is 28.1. The van der Waals surface area contributed by atoms with E-state index in [2.05, 4.69) is 14.3 Å². The Hall–Kier alpha value is -2.22. The van der Waals surface area contributed by atoms with Crippen LogP contribution in [0.5, 0.6) is 0 Å². The van der Waals surface area contributed by atoms with E-state index in [0.29, 0.717) is 25.3 Å². The summed E-state index contributed by atoms with van der Waals surface area (Å²) in [6, 6.07) is 6.55. The maximum atomic E-state index is 12.0. The summed E-state index contributed by atoms with van der Waals surface area (Å²) in [6.45, 7) is 4.72. The van der Waals surface area contributed by atoms with E-state index in [-0.39, 0.29) is 10.5 Å². The molecule has 8 nitrogen and oxygen atoms in total. The van der Waals surface area contributed by atoms with Gasteiger partial charge in [0, 0.05) is 37.7 Å². The fourth-order valence-corrected chi connectivity index (χ4v) is 4.34. The predicted octanol–water partition coefficient (Wildman–Crippen LogP) is 1.08. The highest BCUT2D eigenvalue weighted by molar-refractivity contribution is 7.89. The van der Waals surface area contributed by atoms with Crippen LogP contribution >= 0.6 is 11.5 Å². The number of nitrogens with zero attached hydrogens (tertiary/aromatic N) is 5. The van der Waals surface area contributed by atoms with Crippen molar-refractivity contribution in [1.29, 1.82) is 5.26 Å². The first kappa shape index (κ1) is 17.6. The molecule has 132 valence electrons. The molecule has 10 heteroatoms. The van der Waals surface area contributed by atoms with E-state index < -0.39 is 10.0 Å². The maximum absolute atomic E-state index is 12.0. The van der Waals surface area contributed by atoms with Crippen molar-refractivity contribution in [1.82, 2.24) is 9.36 Å². The predicted molar refractivity (Wildman–Crippen MR) is 96.2 cm³/mol. The number of anilines is 2. The standard InChI is InChI=1S/C15H18N6O2S2/c1-11-18-15(24-19-11)21-6-2-5-20(7-8-21)13-4-3-12(10-16)9-14(13)25(17,22)23/h3-4,9H,2,5-8H2,1H3,(H2,17,22,23). The number of hydrogen-bond donors (Lipinski definition) is 1. The van der Waals surface area contributed by atoms with Crippen LogP contribution in [0, 0.1) is 18.3 Å². The van der Waals surface area contributed by atoms with Crippen LogP contribution in [0.2, 0.25) is 0 Å². The second-order valence-electron chi connectivity index (χ2n) is 5.79. The zero-order valence-electron chi connectivity index (χ0n) is 13.7. The van der Waals surface area contributed by atoms with E-state index in [4.69, 9.17) is 10.4 Å². The Morgan fingerprint density at radius 3 is 2.60 bits per heavy atom. The second kappa shape index (κ2) is 6.95. The van der Waals surface area contributed by atoms with Gasteiger partial charge in [-0.3, -0.25) is 0 Å². The number of hydrogen-bond acceptors (Lipinski definition) is 8. The Balaban J connectivity index is 1.87. The molecule has 2 N–H and O–H groups in total. The van der Waals surface area contributed by atoms with Gasteiger partial charge in [-0.25, -0.2) is 18.5 Å². The minimum Gasteiger partial charge on any atom is -0.369 e. The highest BCUT2D eigenvalue weighted by Crippen LogP contribution is 2.27. The van der Waals surface area contributed by atoms with Crippen LogP contribution < -0.4 is 14.9 Å². The Labute approximate surface area is 150 Å². The van der Waals surface area contributed by atoms with E-state index in [0.717, 1.165) is 23.9 Å². The molecule has 0 amide bonds. The second-order valence-corrected chi connectivity index (χ2v) is 8.05. The largest absolute Gasteiger partial charge is 0.369 e. The maximum Gasteiger partial charge on any atom is 0.240 e. The Bertz CT molecular complexity index is 918. The van der Waals surface area contributed by atoms with E-state index >= 15 is 0 Å². The number of aromatic nitrogens is 2. The Kier molecular flexibility index (Phi) is 4.89. The number of sulfonamides is 1. The normalized spacial score (nSPS) is 15.7. The first-order valence-electron chi connectivity index (χ1n) is 7.75. The summed E-state index contributed by atoms with van der Waals surface area (Å²) >= 11 is 1.37. The molecule has 1 fully saturated rings. The van der Waals surface area contributed by atoms with Gasteiger partial charge in [-0.05, 0) is 31.5 Å². The van der Waals surface area contributed by atoms with Crippen molar-refractivity contribution in [2.45, 2.75) is 18.2 Å². The minimum atomic E-state index is -3.92. The third-order valence-corrected chi connectivity index (χ3v) is 5.83. The Morgan fingerprint density at radius 1 is 1.24 bits per heavy atom. The van der Waals surface area contributed by atoms with E-state index in [1.807, 2.05) is 17.9 Å². The quantitative estimate of drug-likeness (QED) is 0.849. The molecule has 2 aromatic rings. The molecule has 3 rings (SSSR count). The van der Waals surface area contributed by atoms with E-state index in [1.165, 1.54) is 17.6 Å². The molecular formula is C15H18N6O2S2. The van der Waals surface area contributed by atoms with Crippen LogP contribution in [0.1, 0.15) is 17.8 Å². The number of nitriles is 1. The van der Waals surface area contributed by atoms with Crippen LogP contribution in [0.15, 0.2) is 23.1 Å². The van der Waals surface area contributed by atoms with Gasteiger partial charge in [0.1, 0.15) is 10.7 Å². The highest BCUT2D eigenvalue weighted by Gasteiger charge is 2.23. The molecule has 0 radical (unpaired) electrons. The van der Waals surface area contributed by atoms with Gasteiger partial charge in [0.15, 0.2) is 0 Å². The third kappa shape index (κ3) is 3.89. The summed E-state index contributed by atoms with van der Waals surface area (Å²) in [7, 11) is -3.92. The van der Waals surface area contributed by atoms with Crippen LogP contribution in [-0.4, -0.2) is 44.0 Å². The van der Waals surface area contributed by atoms with Crippen LogP contribution in [0.4, 0.5) is 10.8 Å². The van der Waals surface area contributed by atoms with Crippen molar-refractivity contribution >= 4 is 32.4 Å². The molecule has 0 unspecified atom stereocenters. The lowest BCUT2D eigenvalue weighted by atomic mass is 10.2. The lowest BCUT2D eigenvalue weighted by Gasteiger charge is -2.25. The lowest BCUT2D eigenvalue weighted by Crippen LogP contribution is -2.32. The summed E-state index contributed by atoms with van der Waals surface area (Å²) in [5.41, 5.74) is 0.811. The zero-order chi connectivity index (χ0) is 18.0. The molecule has 1 aliphatic rings. The summed E-state index contributed by atoms with van der Waals surface area (Å²) in [5, 5.41) is 15.3. The third-order valence-electron chi connectivity index (χ3n) is 4.02. The number of nitrogens with two attached hydrogens (primary N) is 1. The molecule has 1 aliphatic heterocycles. The highest BCUT2D eigenvalue weighted by atomic mass is 32.2. The van der Waals surface area contributed by atoms with Gasteiger partial charge >= 0.3 is 0 Å². The zero-order valence-corrected chi connectivity index (χ0v) is 15.3. The van der Waals surface area contributed by atoms with Gasteiger partial charge in [-0.15, -0.1) is 0 Å². The fourth-order valence-electron chi connectivity index (χ4n) is 2.84. The lowest BCUT2D eigenvalue weighted by molar-refractivity contribution is 0.597. The molecule has 0 saturated carbocycles. The number of rotatable bonds is 3. The minimum absolute atomic E-state index is 0.00763. The summed E-state index contributed by atoms with van der Waals surface area (Å²) in [5.74, 6) is 0.754. The smallest absolute Gasteiger partial charge is 0.240 e. The van der Waals surface area contributed by atoms with Gasteiger partial charge in [0.25, 0.3) is 0 Å². The van der Waals surface area contributed by atoms with Crippen molar-refractivity contribution < 1.29 is 8.42 Å². The molecule has 0 aliphatic carbocycles. The number of primary sulfonamides is 1. The summed E-state index contributed by atoms with van der Waals surface area (Å²) in [6.07, 6.45) is 0.850. The van der Waals surface area contributed by atoms with E-state index in [9.17, 15) is 8.42 Å². The molecule has 2 heterocycles. The summed E-state index contributed by atoms with van der Waals surface area (Å²) in [4.78, 5) is 8.56. The van der Waals surface area contributed by atoms with Gasteiger partial charge in [0.05, 0.1) is 17.3 Å².